The predicted octanol–water partition coefficient (Wildman–Crippen LogP) is 2.84. The zero-order valence-electron chi connectivity index (χ0n) is 15.8. The molecule has 4 fully saturated rings. The van der Waals surface area contributed by atoms with Crippen LogP contribution < -0.4 is 0 Å². The Kier molecular flexibility index (Phi) is 4.17. The molecule has 0 aromatic rings. The SMILES string of the molecule is C[C@]12CC(=O)[C@@]3(F)[C@@H](CCC4CC(O)CC[C@@]43C)[C@@H]1CC[C@@H]2C(=O)CO. The summed E-state index contributed by atoms with van der Waals surface area (Å²) in [5.74, 6) is -1.11. The maximum Gasteiger partial charge on any atom is 0.177 e. The Bertz CT molecular complexity index is 636. The summed E-state index contributed by atoms with van der Waals surface area (Å²) >= 11 is 0. The van der Waals surface area contributed by atoms with E-state index in [1.54, 1.807) is 0 Å². The molecule has 0 radical (unpaired) electrons. The lowest BCUT2D eigenvalue weighted by Crippen LogP contribution is -2.67. The topological polar surface area (TPSA) is 74.6 Å². The predicted molar refractivity (Wildman–Crippen MR) is 94.1 cm³/mol. The monoisotopic (exact) mass is 366 g/mol. The number of carbonyl (C=O) groups is 2. The zero-order chi connectivity index (χ0) is 18.9. The van der Waals surface area contributed by atoms with Gasteiger partial charge < -0.3 is 10.2 Å². The second kappa shape index (κ2) is 5.84. The molecule has 4 saturated carbocycles. The molecule has 26 heavy (non-hydrogen) atoms. The first-order valence-corrected chi connectivity index (χ1v) is 10.2. The van der Waals surface area contributed by atoms with Gasteiger partial charge in [0.15, 0.2) is 17.2 Å². The molecule has 0 bridgehead atoms. The molecular formula is C21H31FO4. The Morgan fingerprint density at radius 1 is 1.15 bits per heavy atom. The van der Waals surface area contributed by atoms with E-state index in [1.807, 2.05) is 13.8 Å². The molecule has 0 aromatic heterocycles. The van der Waals surface area contributed by atoms with Crippen LogP contribution in [0.4, 0.5) is 4.39 Å². The number of fused-ring (bicyclic) bond motifs is 5. The first kappa shape index (κ1) is 18.5. The van der Waals surface area contributed by atoms with E-state index < -0.39 is 23.1 Å². The van der Waals surface area contributed by atoms with Crippen molar-refractivity contribution < 1.29 is 24.2 Å². The highest BCUT2D eigenvalue weighted by atomic mass is 19.1. The standard InChI is InChI=1S/C21H31FO4/c1-19-10-18(26)21(22)15(14(19)5-6-16(19)17(25)11-23)4-3-12-9-13(24)7-8-20(12,21)2/h12-16,23-24H,3-11H2,1-2H3/t12?,13?,14-,15-,16+,19-,20-,21-/m0/s1. The van der Waals surface area contributed by atoms with Crippen LogP contribution in [-0.2, 0) is 9.59 Å². The van der Waals surface area contributed by atoms with Gasteiger partial charge in [0, 0.05) is 23.7 Å². The maximum atomic E-state index is 16.7. The number of ketones is 2. The lowest BCUT2D eigenvalue weighted by molar-refractivity contribution is -0.201. The summed E-state index contributed by atoms with van der Waals surface area (Å²) in [6, 6.07) is 0. The van der Waals surface area contributed by atoms with Crippen molar-refractivity contribution in [2.75, 3.05) is 6.61 Å². The maximum absolute atomic E-state index is 16.7. The van der Waals surface area contributed by atoms with Crippen LogP contribution in [0.15, 0.2) is 0 Å². The van der Waals surface area contributed by atoms with Crippen LogP contribution in [0.2, 0.25) is 0 Å². The quantitative estimate of drug-likeness (QED) is 0.788. The summed E-state index contributed by atoms with van der Waals surface area (Å²) < 4.78 is 16.7. The molecule has 8 atom stereocenters. The minimum Gasteiger partial charge on any atom is -0.393 e. The van der Waals surface area contributed by atoms with Crippen molar-refractivity contribution in [2.45, 2.75) is 77.0 Å². The van der Waals surface area contributed by atoms with Crippen molar-refractivity contribution in [3.05, 3.63) is 0 Å². The Morgan fingerprint density at radius 3 is 2.54 bits per heavy atom. The molecule has 4 aliphatic carbocycles. The number of Topliss-reactive ketones (excluding diaryl/α,β-unsaturated/α-hetero) is 2. The Hall–Kier alpha value is -0.810. The van der Waals surface area contributed by atoms with Crippen LogP contribution in [0.3, 0.4) is 0 Å². The van der Waals surface area contributed by atoms with Gasteiger partial charge in [-0.1, -0.05) is 13.8 Å². The smallest absolute Gasteiger partial charge is 0.177 e. The summed E-state index contributed by atoms with van der Waals surface area (Å²) in [4.78, 5) is 25.5. The van der Waals surface area contributed by atoms with E-state index >= 15 is 4.39 Å². The molecule has 5 heteroatoms. The first-order chi connectivity index (χ1) is 12.2. The van der Waals surface area contributed by atoms with Crippen LogP contribution in [0, 0.1) is 34.5 Å². The van der Waals surface area contributed by atoms with E-state index in [4.69, 9.17) is 0 Å². The number of hydrogen-bond donors (Lipinski definition) is 2. The highest BCUT2D eigenvalue weighted by Crippen LogP contribution is 2.69. The lowest BCUT2D eigenvalue weighted by Gasteiger charge is -2.62. The van der Waals surface area contributed by atoms with Gasteiger partial charge in [0.1, 0.15) is 6.61 Å². The summed E-state index contributed by atoms with van der Waals surface area (Å²) in [5, 5.41) is 19.4. The van der Waals surface area contributed by atoms with Crippen molar-refractivity contribution in [3.63, 3.8) is 0 Å². The summed E-state index contributed by atoms with van der Waals surface area (Å²) in [6.45, 7) is 3.41. The van der Waals surface area contributed by atoms with E-state index in [-0.39, 0.29) is 47.8 Å². The third-order valence-electron chi connectivity index (χ3n) is 9.01. The number of aliphatic hydroxyl groups excluding tert-OH is 2. The Morgan fingerprint density at radius 2 is 1.85 bits per heavy atom. The van der Waals surface area contributed by atoms with Crippen molar-refractivity contribution in [3.8, 4) is 0 Å². The second-order valence-electron chi connectivity index (χ2n) is 9.90. The molecule has 0 amide bonds. The molecular weight excluding hydrogens is 335 g/mol. The molecule has 0 aromatic carbocycles. The first-order valence-electron chi connectivity index (χ1n) is 10.2. The molecule has 146 valence electrons. The number of aliphatic hydroxyl groups is 2. The largest absolute Gasteiger partial charge is 0.393 e. The van der Waals surface area contributed by atoms with Gasteiger partial charge in [-0.15, -0.1) is 0 Å². The second-order valence-corrected chi connectivity index (χ2v) is 9.90. The van der Waals surface area contributed by atoms with Gasteiger partial charge in [0.05, 0.1) is 6.10 Å². The van der Waals surface area contributed by atoms with Crippen LogP contribution in [0.5, 0.6) is 0 Å². The Balaban J connectivity index is 1.73. The van der Waals surface area contributed by atoms with Crippen molar-refractivity contribution in [2.24, 2.45) is 34.5 Å². The van der Waals surface area contributed by atoms with E-state index in [2.05, 4.69) is 0 Å². The van der Waals surface area contributed by atoms with E-state index in [0.29, 0.717) is 32.1 Å². The van der Waals surface area contributed by atoms with Crippen LogP contribution in [0.1, 0.15) is 65.2 Å². The molecule has 0 aliphatic heterocycles. The molecule has 0 saturated heterocycles. The van der Waals surface area contributed by atoms with Gasteiger partial charge in [-0.05, 0) is 62.2 Å². The molecule has 2 N–H and O–H groups in total. The lowest BCUT2D eigenvalue weighted by atomic mass is 9.42. The van der Waals surface area contributed by atoms with E-state index in [0.717, 1.165) is 12.8 Å². The normalized spacial score (nSPS) is 53.6. The van der Waals surface area contributed by atoms with Gasteiger partial charge in [0.25, 0.3) is 0 Å². The van der Waals surface area contributed by atoms with Gasteiger partial charge in [-0.25, -0.2) is 4.39 Å². The number of alkyl halides is 1. The van der Waals surface area contributed by atoms with Gasteiger partial charge >= 0.3 is 0 Å². The number of carbonyl (C=O) groups excluding carboxylic acids is 2. The molecule has 0 spiro atoms. The molecule has 0 heterocycles. The van der Waals surface area contributed by atoms with Gasteiger partial charge in [-0.3, -0.25) is 9.59 Å². The average Bonchev–Trinajstić information content (AvgIpc) is 2.93. The van der Waals surface area contributed by atoms with Crippen LogP contribution in [-0.4, -0.2) is 40.2 Å². The molecule has 4 rings (SSSR count). The summed E-state index contributed by atoms with van der Waals surface area (Å²) in [7, 11) is 0. The molecule has 2 unspecified atom stereocenters. The molecule has 4 nitrogen and oxygen atoms in total. The third-order valence-corrected chi connectivity index (χ3v) is 9.01. The zero-order valence-corrected chi connectivity index (χ0v) is 15.8. The summed E-state index contributed by atoms with van der Waals surface area (Å²) in [6.07, 6.45) is 4.36. The van der Waals surface area contributed by atoms with Gasteiger partial charge in [-0.2, -0.15) is 0 Å². The fourth-order valence-electron chi connectivity index (χ4n) is 7.59. The minimum atomic E-state index is -1.84. The molecule has 4 aliphatic rings. The van der Waals surface area contributed by atoms with E-state index in [1.165, 1.54) is 0 Å². The van der Waals surface area contributed by atoms with Crippen LogP contribution in [0.25, 0.3) is 0 Å². The summed E-state index contributed by atoms with van der Waals surface area (Å²) in [5.41, 5.74) is -3.06. The number of halogens is 1. The van der Waals surface area contributed by atoms with Crippen molar-refractivity contribution in [1.82, 2.24) is 0 Å². The number of hydrogen-bond acceptors (Lipinski definition) is 4. The third kappa shape index (κ3) is 2.13. The van der Waals surface area contributed by atoms with Gasteiger partial charge in [0.2, 0.25) is 0 Å². The minimum absolute atomic E-state index is 0.0234. The highest BCUT2D eigenvalue weighted by molar-refractivity contribution is 5.92. The van der Waals surface area contributed by atoms with E-state index in [9.17, 15) is 19.8 Å². The van der Waals surface area contributed by atoms with Crippen LogP contribution >= 0.6 is 0 Å². The Labute approximate surface area is 154 Å². The highest BCUT2D eigenvalue weighted by Gasteiger charge is 2.72. The fourth-order valence-corrected chi connectivity index (χ4v) is 7.59. The van der Waals surface area contributed by atoms with Crippen molar-refractivity contribution in [1.29, 1.82) is 0 Å². The average molecular weight is 366 g/mol. The number of rotatable bonds is 2. The van der Waals surface area contributed by atoms with Crippen molar-refractivity contribution >= 4 is 11.6 Å². The fraction of sp³-hybridized carbons (Fsp3) is 0.905.